The van der Waals surface area contributed by atoms with Crippen molar-refractivity contribution in [1.82, 2.24) is 19.5 Å². The molecule has 6 nitrogen and oxygen atoms in total. The maximum absolute atomic E-state index is 10.1. The van der Waals surface area contributed by atoms with E-state index in [1.165, 1.54) is 0 Å². The average molecular weight is 352 g/mol. The molecule has 0 saturated carbocycles. The first-order chi connectivity index (χ1) is 12.7. The van der Waals surface area contributed by atoms with Crippen molar-refractivity contribution in [3.63, 3.8) is 0 Å². The number of nitrogens with one attached hydrogen (secondary N) is 1. The first-order valence-electron chi connectivity index (χ1n) is 9.02. The third kappa shape index (κ3) is 3.18. The van der Waals surface area contributed by atoms with Gasteiger partial charge in [-0.05, 0) is 19.8 Å². The smallest absolute Gasteiger partial charge is 0.103 e. The molecule has 0 unspecified atom stereocenters. The summed E-state index contributed by atoms with van der Waals surface area (Å²) < 4.78 is 7.65. The zero-order valence-electron chi connectivity index (χ0n) is 15.0. The van der Waals surface area contributed by atoms with Gasteiger partial charge in [-0.3, -0.25) is 0 Å². The molecule has 0 bridgehead atoms. The third-order valence-corrected chi connectivity index (χ3v) is 5.24. The van der Waals surface area contributed by atoms with E-state index in [9.17, 15) is 5.11 Å². The van der Waals surface area contributed by atoms with Crippen LogP contribution in [0.2, 0.25) is 0 Å². The van der Waals surface area contributed by atoms with E-state index in [1.54, 1.807) is 0 Å². The van der Waals surface area contributed by atoms with Crippen molar-refractivity contribution in [3.05, 3.63) is 48.7 Å². The molecule has 3 heterocycles. The van der Waals surface area contributed by atoms with E-state index in [4.69, 9.17) is 9.72 Å². The maximum Gasteiger partial charge on any atom is 0.103 e. The molecule has 0 radical (unpaired) electrons. The summed E-state index contributed by atoms with van der Waals surface area (Å²) >= 11 is 0. The summed E-state index contributed by atoms with van der Waals surface area (Å²) in [6, 6.07) is 10.2. The Balaban J connectivity index is 1.78. The molecule has 4 rings (SSSR count). The van der Waals surface area contributed by atoms with E-state index in [1.807, 2.05) is 37.6 Å². The maximum atomic E-state index is 10.1. The fourth-order valence-electron chi connectivity index (χ4n) is 3.66. The van der Waals surface area contributed by atoms with Crippen LogP contribution in [0, 0.1) is 12.3 Å². The van der Waals surface area contributed by atoms with E-state index in [0.29, 0.717) is 19.8 Å². The molecular formula is C20H24N4O2. The molecule has 26 heavy (non-hydrogen) atoms. The quantitative estimate of drug-likeness (QED) is 0.740. The molecule has 2 N–H and O–H groups in total. The second-order valence-corrected chi connectivity index (χ2v) is 7.09. The van der Waals surface area contributed by atoms with E-state index < -0.39 is 0 Å². The van der Waals surface area contributed by atoms with Crippen LogP contribution in [0.5, 0.6) is 0 Å². The minimum Gasteiger partial charge on any atom is -0.396 e. The molecule has 136 valence electrons. The monoisotopic (exact) mass is 352 g/mol. The van der Waals surface area contributed by atoms with Gasteiger partial charge in [-0.25, -0.2) is 9.97 Å². The lowest BCUT2D eigenvalue weighted by Crippen LogP contribution is -2.37. The molecule has 0 spiro atoms. The molecule has 0 atom stereocenters. The fraction of sp³-hybridized carbons (Fsp3) is 0.400. The zero-order chi connectivity index (χ0) is 18.0. The molecule has 0 amide bonds. The number of rotatable bonds is 5. The van der Waals surface area contributed by atoms with Crippen LogP contribution in [0.25, 0.3) is 22.6 Å². The number of hydrogen-bond acceptors (Lipinski definition) is 4. The SMILES string of the molecule is Cc1ncc(-c2c(-c3ccccc3)ncn2CC2(CO)CCOCC2)[nH]1. The molecule has 1 fully saturated rings. The number of ether oxygens (including phenoxy) is 1. The Kier molecular flexibility index (Phi) is 4.61. The predicted molar refractivity (Wildman–Crippen MR) is 99.6 cm³/mol. The molecule has 1 aromatic carbocycles. The third-order valence-electron chi connectivity index (χ3n) is 5.24. The molecule has 2 aromatic heterocycles. The van der Waals surface area contributed by atoms with Crippen molar-refractivity contribution in [2.45, 2.75) is 26.3 Å². The Morgan fingerprint density at radius 2 is 1.96 bits per heavy atom. The van der Waals surface area contributed by atoms with Gasteiger partial charge in [0.2, 0.25) is 0 Å². The van der Waals surface area contributed by atoms with E-state index in [0.717, 1.165) is 41.3 Å². The molecule has 6 heteroatoms. The van der Waals surface area contributed by atoms with Crippen LogP contribution in [-0.4, -0.2) is 44.4 Å². The van der Waals surface area contributed by atoms with Crippen LogP contribution in [0.15, 0.2) is 42.9 Å². The summed E-state index contributed by atoms with van der Waals surface area (Å²) in [6.45, 7) is 4.19. The van der Waals surface area contributed by atoms with Crippen molar-refractivity contribution in [2.24, 2.45) is 5.41 Å². The second kappa shape index (κ2) is 7.05. The van der Waals surface area contributed by atoms with Gasteiger partial charge in [0.05, 0.1) is 36.2 Å². The standard InChI is InChI=1S/C20H24N4O2/c1-15-21-11-17(23-15)19-18(16-5-3-2-4-6-16)22-14-24(19)12-20(13-25)7-9-26-10-8-20/h2-6,11,14,25H,7-10,12-13H2,1H3,(H,21,23). The van der Waals surface area contributed by atoms with Gasteiger partial charge in [-0.1, -0.05) is 30.3 Å². The van der Waals surface area contributed by atoms with Crippen LogP contribution in [0.1, 0.15) is 18.7 Å². The lowest BCUT2D eigenvalue weighted by atomic mass is 9.81. The van der Waals surface area contributed by atoms with Gasteiger partial charge >= 0.3 is 0 Å². The molecule has 0 aliphatic carbocycles. The van der Waals surface area contributed by atoms with Crippen LogP contribution >= 0.6 is 0 Å². The highest BCUT2D eigenvalue weighted by Crippen LogP contribution is 2.36. The van der Waals surface area contributed by atoms with Gasteiger partial charge in [-0.15, -0.1) is 0 Å². The largest absolute Gasteiger partial charge is 0.396 e. The van der Waals surface area contributed by atoms with Gasteiger partial charge in [0.25, 0.3) is 0 Å². The van der Waals surface area contributed by atoms with Crippen LogP contribution in [0.4, 0.5) is 0 Å². The summed E-state index contributed by atoms with van der Waals surface area (Å²) in [5.41, 5.74) is 3.78. The Bertz CT molecular complexity index is 863. The van der Waals surface area contributed by atoms with Crippen molar-refractivity contribution >= 4 is 0 Å². The summed E-state index contributed by atoms with van der Waals surface area (Å²) in [6.07, 6.45) is 5.43. The van der Waals surface area contributed by atoms with Gasteiger partial charge in [-0.2, -0.15) is 0 Å². The lowest BCUT2D eigenvalue weighted by Gasteiger charge is -2.36. The predicted octanol–water partition coefficient (Wildman–Crippen LogP) is 3.04. The number of nitrogens with zero attached hydrogens (tertiary/aromatic N) is 3. The zero-order valence-corrected chi connectivity index (χ0v) is 15.0. The first-order valence-corrected chi connectivity index (χ1v) is 9.02. The fourth-order valence-corrected chi connectivity index (χ4v) is 3.66. The Labute approximate surface area is 152 Å². The molecule has 1 saturated heterocycles. The van der Waals surface area contributed by atoms with E-state index in [2.05, 4.69) is 26.7 Å². The number of benzene rings is 1. The van der Waals surface area contributed by atoms with Crippen molar-refractivity contribution in [2.75, 3.05) is 19.8 Å². The Morgan fingerprint density at radius 3 is 2.62 bits per heavy atom. The number of imidazole rings is 2. The molecule has 3 aromatic rings. The lowest BCUT2D eigenvalue weighted by molar-refractivity contribution is -0.0250. The van der Waals surface area contributed by atoms with Gasteiger partial charge < -0.3 is 19.4 Å². The number of hydrogen-bond donors (Lipinski definition) is 2. The minimum atomic E-state index is -0.170. The number of aliphatic hydroxyl groups excluding tert-OH is 1. The Hall–Kier alpha value is -2.44. The van der Waals surface area contributed by atoms with Crippen LogP contribution < -0.4 is 0 Å². The summed E-state index contributed by atoms with van der Waals surface area (Å²) in [7, 11) is 0. The average Bonchev–Trinajstić information content (AvgIpc) is 3.29. The topological polar surface area (TPSA) is 76.0 Å². The summed E-state index contributed by atoms with van der Waals surface area (Å²) in [5.74, 6) is 0.870. The highest BCUT2D eigenvalue weighted by Gasteiger charge is 2.33. The molecule has 1 aliphatic heterocycles. The number of aryl methyl sites for hydroxylation is 1. The van der Waals surface area contributed by atoms with Gasteiger partial charge in [0.15, 0.2) is 0 Å². The summed E-state index contributed by atoms with van der Waals surface area (Å²) in [5, 5.41) is 10.1. The highest BCUT2D eigenvalue weighted by molar-refractivity contribution is 5.76. The van der Waals surface area contributed by atoms with Crippen molar-refractivity contribution in [3.8, 4) is 22.6 Å². The summed E-state index contributed by atoms with van der Waals surface area (Å²) in [4.78, 5) is 12.4. The number of aromatic nitrogens is 4. The van der Waals surface area contributed by atoms with Crippen molar-refractivity contribution in [1.29, 1.82) is 0 Å². The van der Waals surface area contributed by atoms with Crippen LogP contribution in [-0.2, 0) is 11.3 Å². The van der Waals surface area contributed by atoms with E-state index in [-0.39, 0.29) is 12.0 Å². The first kappa shape index (κ1) is 17.0. The van der Waals surface area contributed by atoms with Crippen molar-refractivity contribution < 1.29 is 9.84 Å². The van der Waals surface area contributed by atoms with E-state index >= 15 is 0 Å². The molecular weight excluding hydrogens is 328 g/mol. The number of aliphatic hydroxyl groups is 1. The minimum absolute atomic E-state index is 0.149. The van der Waals surface area contributed by atoms with Crippen LogP contribution in [0.3, 0.4) is 0 Å². The molecule has 1 aliphatic rings. The second-order valence-electron chi connectivity index (χ2n) is 7.09. The normalized spacial score (nSPS) is 16.7. The van der Waals surface area contributed by atoms with Gasteiger partial charge in [0.1, 0.15) is 5.82 Å². The number of aromatic amines is 1. The highest BCUT2D eigenvalue weighted by atomic mass is 16.5. The van der Waals surface area contributed by atoms with Gasteiger partial charge in [0, 0.05) is 30.7 Å². The Morgan fingerprint density at radius 1 is 1.19 bits per heavy atom. The number of H-pyrrole nitrogens is 1.